The second kappa shape index (κ2) is 8.45. The van der Waals surface area contributed by atoms with Gasteiger partial charge in [0, 0.05) is 36.2 Å². The highest BCUT2D eigenvalue weighted by Crippen LogP contribution is 2.29. The number of amides is 1. The topological polar surface area (TPSA) is 56.7 Å². The summed E-state index contributed by atoms with van der Waals surface area (Å²) >= 11 is 1.98. The summed E-state index contributed by atoms with van der Waals surface area (Å²) in [5, 5.41) is 6.09. The Morgan fingerprint density at radius 1 is 1.38 bits per heavy atom. The summed E-state index contributed by atoms with van der Waals surface area (Å²) in [5.41, 5.74) is -0.202. The first-order valence-electron chi connectivity index (χ1n) is 7.03. The Kier molecular flexibility index (Phi) is 8.38. The predicted octanol–water partition coefficient (Wildman–Crippen LogP) is 1.92. The van der Waals surface area contributed by atoms with Gasteiger partial charge in [-0.05, 0) is 34.6 Å². The van der Waals surface area contributed by atoms with Gasteiger partial charge in [0.15, 0.2) is 5.96 Å². The lowest BCUT2D eigenvalue weighted by Crippen LogP contribution is -2.53. The molecule has 0 aromatic rings. The maximum Gasteiger partial charge on any atom is 0.239 e. The van der Waals surface area contributed by atoms with Crippen molar-refractivity contribution in [3.05, 3.63) is 0 Å². The average molecular weight is 428 g/mol. The van der Waals surface area contributed by atoms with E-state index in [1.54, 1.807) is 7.05 Å². The molecule has 1 aliphatic heterocycles. The number of thioether (sulfide) groups is 1. The fraction of sp³-hybridized carbons (Fsp3) is 0.857. The van der Waals surface area contributed by atoms with Gasteiger partial charge in [-0.15, -0.1) is 24.0 Å². The number of hydrogen-bond acceptors (Lipinski definition) is 3. The summed E-state index contributed by atoms with van der Waals surface area (Å²) in [6, 6.07) is 0. The van der Waals surface area contributed by atoms with Crippen LogP contribution >= 0.6 is 35.7 Å². The van der Waals surface area contributed by atoms with E-state index in [1.807, 2.05) is 32.5 Å². The van der Waals surface area contributed by atoms with Crippen LogP contribution in [-0.4, -0.2) is 59.5 Å². The summed E-state index contributed by atoms with van der Waals surface area (Å²) < 4.78 is 0.226. The molecule has 1 aliphatic rings. The van der Waals surface area contributed by atoms with E-state index < -0.39 is 0 Å². The summed E-state index contributed by atoms with van der Waals surface area (Å²) in [6.07, 6.45) is 0. The van der Waals surface area contributed by atoms with E-state index in [1.165, 1.54) is 0 Å². The summed E-state index contributed by atoms with van der Waals surface area (Å²) in [7, 11) is 1.76. The quantitative estimate of drug-likeness (QED) is 0.401. The van der Waals surface area contributed by atoms with E-state index in [0.717, 1.165) is 24.8 Å². The van der Waals surface area contributed by atoms with Crippen molar-refractivity contribution in [2.45, 2.75) is 44.9 Å². The molecule has 0 radical (unpaired) electrons. The molecular formula is C14H29IN4OS. The number of rotatable bonds is 2. The molecule has 0 atom stereocenters. The predicted molar refractivity (Wildman–Crippen MR) is 103 cm³/mol. The highest BCUT2D eigenvalue weighted by molar-refractivity contribution is 14.0. The van der Waals surface area contributed by atoms with Gasteiger partial charge in [-0.2, -0.15) is 11.8 Å². The number of hydrogen-bond donors (Lipinski definition) is 2. The van der Waals surface area contributed by atoms with E-state index in [9.17, 15) is 4.79 Å². The van der Waals surface area contributed by atoms with Gasteiger partial charge >= 0.3 is 0 Å². The molecule has 0 spiro atoms. The number of nitrogens with one attached hydrogen (secondary N) is 2. The number of nitrogens with zero attached hydrogens (tertiary/aromatic N) is 2. The van der Waals surface area contributed by atoms with Crippen LogP contribution in [0.5, 0.6) is 0 Å². The van der Waals surface area contributed by atoms with E-state index in [2.05, 4.69) is 34.4 Å². The smallest absolute Gasteiger partial charge is 0.239 e. The van der Waals surface area contributed by atoms with Gasteiger partial charge in [0.25, 0.3) is 0 Å². The fourth-order valence-electron chi connectivity index (χ4n) is 2.15. The zero-order chi connectivity index (χ0) is 15.4. The van der Waals surface area contributed by atoms with E-state index in [4.69, 9.17) is 0 Å². The lowest BCUT2D eigenvalue weighted by atomic mass is 10.1. The standard InChI is InChI=1S/C14H28N4OS.HI/c1-13(2,3)17-11(19)9-16-12(15-6)18-7-8-20-14(4,5)10-18;/h7-10H2,1-6H3,(H,15,16)(H,17,19);1H. The van der Waals surface area contributed by atoms with Gasteiger partial charge in [0.2, 0.25) is 5.91 Å². The van der Waals surface area contributed by atoms with Crippen LogP contribution in [0.3, 0.4) is 0 Å². The van der Waals surface area contributed by atoms with Crippen molar-refractivity contribution in [3.63, 3.8) is 0 Å². The summed E-state index contributed by atoms with van der Waals surface area (Å²) in [4.78, 5) is 18.3. The van der Waals surface area contributed by atoms with Crippen molar-refractivity contribution < 1.29 is 4.79 Å². The normalized spacial score (nSPS) is 18.8. The molecule has 7 heteroatoms. The third-order valence-corrected chi connectivity index (χ3v) is 4.16. The molecule has 21 heavy (non-hydrogen) atoms. The Balaban J connectivity index is 0.00000400. The molecule has 1 fully saturated rings. The fourth-order valence-corrected chi connectivity index (χ4v) is 3.26. The monoisotopic (exact) mass is 428 g/mol. The first-order chi connectivity index (χ1) is 9.13. The number of halogens is 1. The minimum atomic E-state index is -0.202. The molecule has 2 N–H and O–H groups in total. The van der Waals surface area contributed by atoms with Crippen LogP contribution in [0.2, 0.25) is 0 Å². The molecule has 1 rings (SSSR count). The largest absolute Gasteiger partial charge is 0.350 e. The molecule has 1 amide bonds. The molecule has 0 unspecified atom stereocenters. The molecular weight excluding hydrogens is 399 g/mol. The van der Waals surface area contributed by atoms with Crippen molar-refractivity contribution in [1.82, 2.24) is 15.5 Å². The Bertz CT molecular complexity index is 380. The summed E-state index contributed by atoms with van der Waals surface area (Å²) in [5.74, 6) is 1.88. The van der Waals surface area contributed by atoms with Crippen LogP contribution in [-0.2, 0) is 4.79 Å². The van der Waals surface area contributed by atoms with Crippen LogP contribution in [0, 0.1) is 0 Å². The number of guanidine groups is 1. The minimum Gasteiger partial charge on any atom is -0.350 e. The highest BCUT2D eigenvalue weighted by atomic mass is 127. The number of aliphatic imine (C=N–C) groups is 1. The van der Waals surface area contributed by atoms with E-state index in [0.29, 0.717) is 0 Å². The van der Waals surface area contributed by atoms with Gasteiger partial charge < -0.3 is 15.5 Å². The Hall–Kier alpha value is -0.180. The minimum absolute atomic E-state index is 0. The molecule has 124 valence electrons. The first kappa shape index (κ1) is 20.8. The van der Waals surface area contributed by atoms with Gasteiger partial charge in [0.05, 0.1) is 6.54 Å². The second-order valence-corrected chi connectivity index (χ2v) is 8.53. The molecule has 0 aliphatic carbocycles. The van der Waals surface area contributed by atoms with Crippen LogP contribution in [0.15, 0.2) is 4.99 Å². The molecule has 0 aromatic carbocycles. The third-order valence-electron chi connectivity index (χ3n) is 2.86. The summed E-state index contributed by atoms with van der Waals surface area (Å²) in [6.45, 7) is 12.6. The average Bonchev–Trinajstić information content (AvgIpc) is 2.26. The second-order valence-electron chi connectivity index (χ2n) is 6.73. The number of carbonyl (C=O) groups is 1. The zero-order valence-corrected chi connectivity index (χ0v) is 17.1. The molecule has 0 saturated carbocycles. The lowest BCUT2D eigenvalue weighted by Gasteiger charge is -2.39. The van der Waals surface area contributed by atoms with Gasteiger partial charge in [-0.25, -0.2) is 0 Å². The molecule has 5 nitrogen and oxygen atoms in total. The van der Waals surface area contributed by atoms with Crippen molar-refractivity contribution in [2.75, 3.05) is 32.4 Å². The van der Waals surface area contributed by atoms with Gasteiger partial charge in [-0.1, -0.05) is 0 Å². The maximum atomic E-state index is 11.8. The number of carbonyl (C=O) groups excluding carboxylic acids is 1. The van der Waals surface area contributed by atoms with Crippen LogP contribution in [0.4, 0.5) is 0 Å². The van der Waals surface area contributed by atoms with Crippen molar-refractivity contribution >= 4 is 47.6 Å². The third kappa shape index (κ3) is 8.13. The Morgan fingerprint density at radius 3 is 2.48 bits per heavy atom. The first-order valence-corrected chi connectivity index (χ1v) is 8.02. The van der Waals surface area contributed by atoms with Crippen molar-refractivity contribution in [1.29, 1.82) is 0 Å². The Labute approximate surface area is 150 Å². The van der Waals surface area contributed by atoms with E-state index >= 15 is 0 Å². The highest BCUT2D eigenvalue weighted by Gasteiger charge is 2.28. The van der Waals surface area contributed by atoms with Crippen LogP contribution in [0.1, 0.15) is 34.6 Å². The van der Waals surface area contributed by atoms with Crippen molar-refractivity contribution in [3.8, 4) is 0 Å². The Morgan fingerprint density at radius 2 is 2.00 bits per heavy atom. The van der Waals surface area contributed by atoms with Gasteiger partial charge in [-0.3, -0.25) is 9.79 Å². The lowest BCUT2D eigenvalue weighted by molar-refractivity contribution is -0.121. The van der Waals surface area contributed by atoms with Crippen molar-refractivity contribution in [2.24, 2.45) is 4.99 Å². The maximum absolute atomic E-state index is 11.8. The van der Waals surface area contributed by atoms with E-state index in [-0.39, 0.29) is 46.7 Å². The molecule has 1 heterocycles. The van der Waals surface area contributed by atoms with Crippen LogP contribution in [0.25, 0.3) is 0 Å². The van der Waals surface area contributed by atoms with Gasteiger partial charge in [0.1, 0.15) is 0 Å². The zero-order valence-electron chi connectivity index (χ0n) is 13.9. The SMILES string of the molecule is CN=C(NCC(=O)NC(C)(C)C)N1CCSC(C)(C)C1.I. The molecule has 0 aromatic heterocycles. The molecule has 1 saturated heterocycles. The molecule has 0 bridgehead atoms. The van der Waals surface area contributed by atoms with Crippen LogP contribution < -0.4 is 10.6 Å².